The number of carbonyl (C=O) groups is 1. The average molecular weight is 360 g/mol. The molecule has 3 unspecified atom stereocenters. The van der Waals surface area contributed by atoms with Gasteiger partial charge < -0.3 is 20.5 Å². The van der Waals surface area contributed by atoms with Gasteiger partial charge in [0.15, 0.2) is 0 Å². The molecule has 0 bridgehead atoms. The maximum atomic E-state index is 13.4. The van der Waals surface area contributed by atoms with Gasteiger partial charge in [0, 0.05) is 19.6 Å². The largest absolute Gasteiger partial charge is 0.393 e. The van der Waals surface area contributed by atoms with E-state index in [-0.39, 0.29) is 35.7 Å². The fourth-order valence-electron chi connectivity index (χ4n) is 4.98. The summed E-state index contributed by atoms with van der Waals surface area (Å²) in [6.07, 6.45) is 2.19. The predicted octanol–water partition coefficient (Wildman–Crippen LogP) is 0.0623. The van der Waals surface area contributed by atoms with Crippen molar-refractivity contribution in [2.45, 2.75) is 61.6 Å². The first-order valence-electron chi connectivity index (χ1n) is 9.41. The molecule has 0 spiro atoms. The predicted molar refractivity (Wildman–Crippen MR) is 96.9 cm³/mol. The summed E-state index contributed by atoms with van der Waals surface area (Å²) < 4.78 is 5.86. The minimum atomic E-state index is -0.431. The van der Waals surface area contributed by atoms with Gasteiger partial charge in [-0.15, -0.1) is 0 Å². The van der Waals surface area contributed by atoms with E-state index in [2.05, 4.69) is 10.9 Å². The van der Waals surface area contributed by atoms with Crippen molar-refractivity contribution in [1.29, 1.82) is 0 Å². The molecule has 6 atom stereocenters. The molecule has 2 aliphatic heterocycles. The number of likely N-dealkylation sites (tertiary alicyclic amines) is 1. The van der Waals surface area contributed by atoms with E-state index in [9.17, 15) is 9.90 Å². The number of ether oxygens (including phenoxy) is 1. The van der Waals surface area contributed by atoms with Crippen LogP contribution < -0.4 is 16.6 Å². The third-order valence-electron chi connectivity index (χ3n) is 6.45. The number of nitrogens with two attached hydrogens (primary N) is 1. The van der Waals surface area contributed by atoms with E-state index in [0.29, 0.717) is 13.0 Å². The van der Waals surface area contributed by atoms with Gasteiger partial charge in [-0.05, 0) is 31.2 Å². The van der Waals surface area contributed by atoms with Gasteiger partial charge in [0.1, 0.15) is 6.04 Å². The minimum absolute atomic E-state index is 0.0253. The molecular weight excluding hydrogens is 332 g/mol. The summed E-state index contributed by atoms with van der Waals surface area (Å²) >= 11 is 0. The SMILES string of the molecule is CO[C@@]12CC[C@H](O)C[C@@H]1N(C(=O)C1NNC(N)C1c1ccccc1)CC2. The number of aliphatic hydroxyl groups excluding tert-OH is 1. The Morgan fingerprint density at radius 1 is 1.31 bits per heavy atom. The van der Waals surface area contributed by atoms with Crippen molar-refractivity contribution in [3.05, 3.63) is 35.9 Å². The number of hydrogen-bond donors (Lipinski definition) is 4. The van der Waals surface area contributed by atoms with Crippen molar-refractivity contribution in [3.8, 4) is 0 Å². The number of methoxy groups -OCH3 is 1. The summed E-state index contributed by atoms with van der Waals surface area (Å²) in [5.74, 6) is -0.118. The van der Waals surface area contributed by atoms with E-state index >= 15 is 0 Å². The second-order valence-corrected chi connectivity index (χ2v) is 7.72. The van der Waals surface area contributed by atoms with E-state index < -0.39 is 6.04 Å². The first-order valence-corrected chi connectivity index (χ1v) is 9.41. The molecule has 7 heteroatoms. The second kappa shape index (κ2) is 6.90. The van der Waals surface area contributed by atoms with Crippen molar-refractivity contribution < 1.29 is 14.6 Å². The first-order chi connectivity index (χ1) is 12.6. The molecule has 3 aliphatic rings. The topological polar surface area (TPSA) is 99.8 Å². The molecule has 7 nitrogen and oxygen atoms in total. The summed E-state index contributed by atoms with van der Waals surface area (Å²) in [6.45, 7) is 0.652. The van der Waals surface area contributed by atoms with Gasteiger partial charge in [0.2, 0.25) is 5.91 Å². The fraction of sp³-hybridized carbons (Fsp3) is 0.632. The van der Waals surface area contributed by atoms with Gasteiger partial charge in [-0.1, -0.05) is 30.3 Å². The van der Waals surface area contributed by atoms with Gasteiger partial charge in [0.25, 0.3) is 0 Å². The highest BCUT2D eigenvalue weighted by Crippen LogP contribution is 2.43. The number of fused-ring (bicyclic) bond motifs is 1. The standard InChI is InChI=1S/C19H28N4O3/c1-26-19-8-7-13(24)11-14(19)23(10-9-19)18(25)16-15(17(20)22-21-16)12-5-3-2-4-6-12/h2-6,13-17,21-22,24H,7-11,20H2,1H3/t13-,14-,15?,16?,17?,19+/m0/s1. The van der Waals surface area contributed by atoms with Gasteiger partial charge in [0.05, 0.1) is 23.9 Å². The monoisotopic (exact) mass is 360 g/mol. The lowest BCUT2D eigenvalue weighted by atomic mass is 9.79. The van der Waals surface area contributed by atoms with Crippen LogP contribution >= 0.6 is 0 Å². The van der Waals surface area contributed by atoms with Crippen LogP contribution in [0, 0.1) is 0 Å². The molecular formula is C19H28N4O3. The Balaban J connectivity index is 1.59. The Hall–Kier alpha value is -1.51. The van der Waals surface area contributed by atoms with Gasteiger partial charge in [-0.25, -0.2) is 10.9 Å². The number of nitrogens with zero attached hydrogens (tertiary/aromatic N) is 1. The molecule has 142 valence electrons. The van der Waals surface area contributed by atoms with E-state index in [1.807, 2.05) is 35.2 Å². The van der Waals surface area contributed by atoms with Crippen molar-refractivity contribution in [2.75, 3.05) is 13.7 Å². The lowest BCUT2D eigenvalue weighted by Gasteiger charge is -2.43. The molecule has 5 N–H and O–H groups in total. The van der Waals surface area contributed by atoms with E-state index in [1.165, 1.54) is 0 Å². The highest BCUT2D eigenvalue weighted by molar-refractivity contribution is 5.84. The van der Waals surface area contributed by atoms with Gasteiger partial charge in [-0.3, -0.25) is 4.79 Å². The van der Waals surface area contributed by atoms with Crippen LogP contribution in [0.1, 0.15) is 37.2 Å². The van der Waals surface area contributed by atoms with Crippen LogP contribution in [0.3, 0.4) is 0 Å². The Bertz CT molecular complexity index is 657. The van der Waals surface area contributed by atoms with Crippen molar-refractivity contribution in [3.63, 3.8) is 0 Å². The number of hydrogen-bond acceptors (Lipinski definition) is 6. The summed E-state index contributed by atoms with van der Waals surface area (Å²) in [7, 11) is 1.72. The van der Waals surface area contributed by atoms with Crippen LogP contribution in [0.4, 0.5) is 0 Å². The average Bonchev–Trinajstić information content (AvgIpc) is 3.23. The molecule has 1 saturated carbocycles. The minimum Gasteiger partial charge on any atom is -0.393 e. The molecule has 2 heterocycles. The number of rotatable bonds is 3. The van der Waals surface area contributed by atoms with Crippen molar-refractivity contribution in [1.82, 2.24) is 15.8 Å². The zero-order valence-electron chi connectivity index (χ0n) is 15.1. The molecule has 1 aliphatic carbocycles. The quantitative estimate of drug-likeness (QED) is 0.608. The summed E-state index contributed by atoms with van der Waals surface area (Å²) in [6, 6.07) is 9.38. The molecule has 2 saturated heterocycles. The van der Waals surface area contributed by atoms with Crippen LogP contribution in [0.5, 0.6) is 0 Å². The van der Waals surface area contributed by atoms with Crippen LogP contribution in [0.25, 0.3) is 0 Å². The molecule has 0 aromatic heterocycles. The molecule has 1 aromatic carbocycles. The molecule has 4 rings (SSSR count). The lowest BCUT2D eigenvalue weighted by molar-refractivity contribution is -0.142. The maximum absolute atomic E-state index is 13.4. The normalized spacial score (nSPS) is 39.8. The van der Waals surface area contributed by atoms with Crippen molar-refractivity contribution >= 4 is 5.91 Å². The molecule has 3 fully saturated rings. The number of hydrazine groups is 1. The van der Waals surface area contributed by atoms with Crippen LogP contribution in [-0.2, 0) is 9.53 Å². The maximum Gasteiger partial charge on any atom is 0.242 e. The smallest absolute Gasteiger partial charge is 0.242 e. The molecule has 26 heavy (non-hydrogen) atoms. The van der Waals surface area contributed by atoms with Crippen molar-refractivity contribution in [2.24, 2.45) is 5.73 Å². The Labute approximate surface area is 153 Å². The van der Waals surface area contributed by atoms with Crippen LogP contribution in [0.2, 0.25) is 0 Å². The first kappa shape index (κ1) is 17.9. The Morgan fingerprint density at radius 2 is 2.08 bits per heavy atom. The van der Waals surface area contributed by atoms with E-state index in [0.717, 1.165) is 24.8 Å². The molecule has 0 radical (unpaired) electrons. The van der Waals surface area contributed by atoms with Crippen LogP contribution in [-0.4, -0.2) is 59.5 Å². The number of benzene rings is 1. The second-order valence-electron chi connectivity index (χ2n) is 7.72. The number of amides is 1. The van der Waals surface area contributed by atoms with Gasteiger partial charge >= 0.3 is 0 Å². The number of nitrogens with one attached hydrogen (secondary N) is 2. The highest BCUT2D eigenvalue weighted by atomic mass is 16.5. The molecule has 1 aromatic rings. The number of aliphatic hydroxyl groups is 1. The Morgan fingerprint density at radius 3 is 2.81 bits per heavy atom. The molecule has 1 amide bonds. The summed E-state index contributed by atoms with van der Waals surface area (Å²) in [4.78, 5) is 15.3. The fourth-order valence-corrected chi connectivity index (χ4v) is 4.98. The third-order valence-corrected chi connectivity index (χ3v) is 6.45. The third kappa shape index (κ3) is 2.84. The zero-order chi connectivity index (χ0) is 18.3. The number of carbonyl (C=O) groups excluding carboxylic acids is 1. The van der Waals surface area contributed by atoms with E-state index in [1.54, 1.807) is 7.11 Å². The lowest BCUT2D eigenvalue weighted by Crippen LogP contribution is -2.56. The highest BCUT2D eigenvalue weighted by Gasteiger charge is 2.54. The summed E-state index contributed by atoms with van der Waals surface area (Å²) in [5.41, 5.74) is 13.1. The van der Waals surface area contributed by atoms with Gasteiger partial charge in [-0.2, -0.15) is 0 Å². The Kier molecular flexibility index (Phi) is 4.75. The zero-order valence-corrected chi connectivity index (χ0v) is 15.1. The van der Waals surface area contributed by atoms with E-state index in [4.69, 9.17) is 10.5 Å². The summed E-state index contributed by atoms with van der Waals surface area (Å²) in [5, 5.41) is 10.2. The van der Waals surface area contributed by atoms with Crippen LogP contribution in [0.15, 0.2) is 30.3 Å².